The molecule has 0 aromatic carbocycles. The van der Waals surface area contributed by atoms with Gasteiger partial charge in [-0.15, -0.1) is 0 Å². The lowest BCUT2D eigenvalue weighted by atomic mass is 10.5. The fourth-order valence-electron chi connectivity index (χ4n) is 0.479. The number of nitrogens with zero attached hydrogens (tertiary/aromatic N) is 1. The average molecular weight is 146 g/mol. The normalized spacial score (nSPS) is 17.9. The number of hydrazine groups is 1. The zero-order chi connectivity index (χ0) is 6.85. The molecule has 0 radical (unpaired) electrons. The van der Waals surface area contributed by atoms with Gasteiger partial charge in [0.05, 0.1) is 0 Å². The number of hydrogen-bond donors (Lipinski definition) is 2. The van der Waals surface area contributed by atoms with Crippen LogP contribution in [0.2, 0.25) is 0 Å². The molecule has 2 N–H and O–H groups in total. The molecule has 1 aliphatic heterocycles. The van der Waals surface area contributed by atoms with E-state index in [1.807, 2.05) is 0 Å². The molecule has 0 unspecified atom stereocenters. The monoisotopic (exact) mass is 146 g/mol. The Morgan fingerprint density at radius 3 is 2.89 bits per heavy atom. The topological polar surface area (TPSA) is 52.6 Å². The summed E-state index contributed by atoms with van der Waals surface area (Å²) in [6.07, 6.45) is -0.978. The summed E-state index contributed by atoms with van der Waals surface area (Å²) in [6.45, 7) is 1.72. The van der Waals surface area contributed by atoms with Crippen LogP contribution < -0.4 is 4.83 Å². The van der Waals surface area contributed by atoms with Gasteiger partial charge in [-0.3, -0.25) is 0 Å². The van der Waals surface area contributed by atoms with Crippen LogP contribution in [0.4, 0.5) is 4.79 Å². The molecule has 4 nitrogen and oxygen atoms in total. The van der Waals surface area contributed by atoms with Gasteiger partial charge in [-0.05, 0) is 18.9 Å². The molecule has 0 aromatic rings. The summed E-state index contributed by atoms with van der Waals surface area (Å²) >= 11 is 1.25. The molecular weight excluding hydrogens is 140 g/mol. The van der Waals surface area contributed by atoms with E-state index in [4.69, 9.17) is 5.11 Å². The van der Waals surface area contributed by atoms with Crippen LogP contribution in [0.1, 0.15) is 6.92 Å². The minimum absolute atomic E-state index is 0.701. The van der Waals surface area contributed by atoms with Crippen molar-refractivity contribution >= 4 is 18.0 Å². The molecule has 0 aliphatic carbocycles. The summed E-state index contributed by atoms with van der Waals surface area (Å²) in [5.41, 5.74) is 0.701. The Morgan fingerprint density at radius 2 is 2.67 bits per heavy atom. The SMILES string of the molecule is CC1=CSNN1C(=O)O. The van der Waals surface area contributed by atoms with E-state index >= 15 is 0 Å². The van der Waals surface area contributed by atoms with Crippen molar-refractivity contribution in [1.29, 1.82) is 0 Å². The van der Waals surface area contributed by atoms with Crippen molar-refractivity contribution in [2.24, 2.45) is 0 Å². The van der Waals surface area contributed by atoms with Crippen molar-refractivity contribution < 1.29 is 9.90 Å². The first-order chi connectivity index (χ1) is 4.22. The van der Waals surface area contributed by atoms with Gasteiger partial charge in [0.15, 0.2) is 0 Å². The highest BCUT2D eigenvalue weighted by atomic mass is 32.2. The minimum atomic E-state index is -0.978. The molecule has 0 saturated carbocycles. The van der Waals surface area contributed by atoms with Crippen LogP contribution in [0.5, 0.6) is 0 Å². The van der Waals surface area contributed by atoms with Crippen LogP contribution in [0, 0.1) is 0 Å². The molecule has 0 spiro atoms. The molecule has 1 aliphatic rings. The van der Waals surface area contributed by atoms with Crippen LogP contribution in [-0.2, 0) is 0 Å². The molecule has 0 bridgehead atoms. The van der Waals surface area contributed by atoms with E-state index < -0.39 is 6.09 Å². The molecule has 0 saturated heterocycles. The van der Waals surface area contributed by atoms with Crippen molar-refractivity contribution in [2.75, 3.05) is 0 Å². The molecule has 1 heterocycles. The molecule has 5 heteroatoms. The number of allylic oxidation sites excluding steroid dienone is 1. The number of hydrogen-bond acceptors (Lipinski definition) is 3. The first-order valence-electron chi connectivity index (χ1n) is 2.33. The Labute approximate surface area is 56.6 Å². The Bertz CT molecular complexity index is 168. The maximum atomic E-state index is 10.2. The molecule has 0 aromatic heterocycles. The van der Waals surface area contributed by atoms with E-state index in [9.17, 15) is 4.79 Å². The van der Waals surface area contributed by atoms with E-state index in [-0.39, 0.29) is 0 Å². The largest absolute Gasteiger partial charge is 0.464 e. The minimum Gasteiger partial charge on any atom is -0.464 e. The molecular formula is C4H6N2O2S. The quantitative estimate of drug-likeness (QED) is 0.500. The van der Waals surface area contributed by atoms with Gasteiger partial charge in [-0.2, -0.15) is 4.83 Å². The third-order valence-electron chi connectivity index (χ3n) is 0.917. The van der Waals surface area contributed by atoms with E-state index in [0.29, 0.717) is 5.70 Å². The van der Waals surface area contributed by atoms with E-state index in [1.54, 1.807) is 12.3 Å². The Hall–Kier alpha value is -0.680. The number of rotatable bonds is 0. The average Bonchev–Trinajstić information content (AvgIpc) is 2.13. The number of carboxylic acid groups (broad SMARTS) is 1. The van der Waals surface area contributed by atoms with Gasteiger partial charge in [0, 0.05) is 11.1 Å². The van der Waals surface area contributed by atoms with Gasteiger partial charge in [0.2, 0.25) is 0 Å². The standard InChI is InChI=1S/C4H6N2O2S/c1-3-2-9-5-6(3)4(7)8/h2,5H,1H3,(H,7,8). The van der Waals surface area contributed by atoms with Crippen molar-refractivity contribution in [1.82, 2.24) is 9.84 Å². The van der Waals surface area contributed by atoms with Gasteiger partial charge < -0.3 is 5.11 Å². The lowest BCUT2D eigenvalue weighted by Gasteiger charge is -2.10. The number of carbonyl (C=O) groups is 1. The number of nitrogens with one attached hydrogen (secondary N) is 1. The smallest absolute Gasteiger partial charge is 0.427 e. The predicted molar refractivity (Wildman–Crippen MR) is 34.3 cm³/mol. The summed E-state index contributed by atoms with van der Waals surface area (Å²) in [4.78, 5) is 12.8. The van der Waals surface area contributed by atoms with E-state index in [1.165, 1.54) is 11.9 Å². The van der Waals surface area contributed by atoms with Crippen LogP contribution in [0.3, 0.4) is 0 Å². The van der Waals surface area contributed by atoms with Crippen molar-refractivity contribution in [3.05, 3.63) is 11.1 Å². The fourth-order valence-corrected chi connectivity index (χ4v) is 1.14. The molecule has 1 rings (SSSR count). The highest BCUT2D eigenvalue weighted by molar-refractivity contribution is 8.00. The van der Waals surface area contributed by atoms with Crippen molar-refractivity contribution in [2.45, 2.75) is 6.92 Å². The van der Waals surface area contributed by atoms with Crippen LogP contribution >= 0.6 is 11.9 Å². The van der Waals surface area contributed by atoms with Crippen molar-refractivity contribution in [3.63, 3.8) is 0 Å². The van der Waals surface area contributed by atoms with E-state index in [2.05, 4.69) is 4.83 Å². The fraction of sp³-hybridized carbons (Fsp3) is 0.250. The van der Waals surface area contributed by atoms with Gasteiger partial charge in [-0.25, -0.2) is 9.80 Å². The van der Waals surface area contributed by atoms with Crippen LogP contribution in [0.15, 0.2) is 11.1 Å². The summed E-state index contributed by atoms with van der Waals surface area (Å²) in [7, 11) is 0. The highest BCUT2D eigenvalue weighted by Gasteiger charge is 2.17. The van der Waals surface area contributed by atoms with Gasteiger partial charge in [0.25, 0.3) is 0 Å². The first-order valence-corrected chi connectivity index (χ1v) is 3.21. The predicted octanol–water partition coefficient (Wildman–Crippen LogP) is 0.994. The third-order valence-corrected chi connectivity index (χ3v) is 1.66. The Kier molecular flexibility index (Phi) is 1.63. The molecule has 9 heavy (non-hydrogen) atoms. The summed E-state index contributed by atoms with van der Waals surface area (Å²) < 4.78 is 0. The van der Waals surface area contributed by atoms with Gasteiger partial charge in [-0.1, -0.05) is 0 Å². The second-order valence-electron chi connectivity index (χ2n) is 1.59. The van der Waals surface area contributed by atoms with Gasteiger partial charge >= 0.3 is 6.09 Å². The lowest BCUT2D eigenvalue weighted by Crippen LogP contribution is -2.32. The first kappa shape index (κ1) is 6.44. The Balaban J connectivity index is 2.63. The third kappa shape index (κ3) is 1.17. The molecule has 1 amide bonds. The van der Waals surface area contributed by atoms with Crippen molar-refractivity contribution in [3.8, 4) is 0 Å². The summed E-state index contributed by atoms with van der Waals surface area (Å²) in [5.74, 6) is 0. The zero-order valence-corrected chi connectivity index (χ0v) is 5.60. The molecule has 0 atom stereocenters. The second kappa shape index (κ2) is 2.28. The highest BCUT2D eigenvalue weighted by Crippen LogP contribution is 2.15. The van der Waals surface area contributed by atoms with Gasteiger partial charge in [0.1, 0.15) is 0 Å². The summed E-state index contributed by atoms with van der Waals surface area (Å²) in [6, 6.07) is 0. The zero-order valence-electron chi connectivity index (χ0n) is 4.79. The van der Waals surface area contributed by atoms with Crippen LogP contribution in [-0.4, -0.2) is 16.2 Å². The second-order valence-corrected chi connectivity index (χ2v) is 2.24. The maximum Gasteiger partial charge on any atom is 0.427 e. The van der Waals surface area contributed by atoms with Crippen LogP contribution in [0.25, 0.3) is 0 Å². The Morgan fingerprint density at radius 1 is 2.00 bits per heavy atom. The molecule has 50 valence electrons. The maximum absolute atomic E-state index is 10.2. The summed E-state index contributed by atoms with van der Waals surface area (Å²) in [5, 5.41) is 11.2. The number of amides is 1. The van der Waals surface area contributed by atoms with E-state index in [0.717, 1.165) is 5.01 Å². The molecule has 0 fully saturated rings. The lowest BCUT2D eigenvalue weighted by molar-refractivity contribution is 0.154.